The van der Waals surface area contributed by atoms with Crippen LogP contribution < -0.4 is 4.74 Å². The molecule has 0 amide bonds. The topological polar surface area (TPSA) is 9.23 Å². The summed E-state index contributed by atoms with van der Waals surface area (Å²) < 4.78 is 19.0. The van der Waals surface area contributed by atoms with Crippen LogP contribution in [-0.2, 0) is 0 Å². The highest BCUT2D eigenvalue weighted by Crippen LogP contribution is 2.34. The number of hydrogen-bond acceptors (Lipinski definition) is 1. The SMILES string of the molecule is COc1ccc(C(Cl)c2ccc(Cl)cc2C)c(F)c1. The van der Waals surface area contributed by atoms with Gasteiger partial charge in [0.1, 0.15) is 11.6 Å². The highest BCUT2D eigenvalue weighted by molar-refractivity contribution is 6.30. The molecule has 0 bridgehead atoms. The Kier molecular flexibility index (Phi) is 4.33. The Labute approximate surface area is 121 Å². The van der Waals surface area contributed by atoms with Gasteiger partial charge in [-0.1, -0.05) is 23.7 Å². The van der Waals surface area contributed by atoms with Crippen molar-refractivity contribution in [3.05, 3.63) is 63.9 Å². The molecule has 100 valence electrons. The van der Waals surface area contributed by atoms with Crippen LogP contribution in [0, 0.1) is 12.7 Å². The summed E-state index contributed by atoms with van der Waals surface area (Å²) in [5.41, 5.74) is 2.20. The first kappa shape index (κ1) is 14.2. The molecule has 0 spiro atoms. The number of methoxy groups -OCH3 is 1. The number of ether oxygens (including phenoxy) is 1. The van der Waals surface area contributed by atoms with Crippen molar-refractivity contribution in [2.75, 3.05) is 7.11 Å². The van der Waals surface area contributed by atoms with E-state index in [2.05, 4.69) is 0 Å². The van der Waals surface area contributed by atoms with Crippen LogP contribution in [0.15, 0.2) is 36.4 Å². The van der Waals surface area contributed by atoms with E-state index in [1.807, 2.05) is 19.1 Å². The molecule has 4 heteroatoms. The van der Waals surface area contributed by atoms with Crippen molar-refractivity contribution >= 4 is 23.2 Å². The van der Waals surface area contributed by atoms with Gasteiger partial charge in [-0.2, -0.15) is 0 Å². The summed E-state index contributed by atoms with van der Waals surface area (Å²) in [6.07, 6.45) is 0. The smallest absolute Gasteiger partial charge is 0.131 e. The van der Waals surface area contributed by atoms with Gasteiger partial charge in [-0.05, 0) is 36.2 Å². The second-order valence-electron chi connectivity index (χ2n) is 4.25. The first-order valence-corrected chi connectivity index (χ1v) is 6.58. The summed E-state index contributed by atoms with van der Waals surface area (Å²) in [6.45, 7) is 1.90. The zero-order valence-electron chi connectivity index (χ0n) is 10.6. The van der Waals surface area contributed by atoms with E-state index in [1.165, 1.54) is 13.2 Å². The average molecular weight is 299 g/mol. The van der Waals surface area contributed by atoms with E-state index in [-0.39, 0.29) is 5.82 Å². The lowest BCUT2D eigenvalue weighted by Gasteiger charge is -2.15. The molecule has 0 radical (unpaired) electrons. The molecule has 2 aromatic rings. The molecule has 2 rings (SSSR count). The standard InChI is InChI=1S/C15H13Cl2FO/c1-9-7-10(16)3-5-12(9)15(17)13-6-4-11(19-2)8-14(13)18/h3-8,15H,1-2H3. The second-order valence-corrected chi connectivity index (χ2v) is 5.12. The number of aryl methyl sites for hydroxylation is 1. The van der Waals surface area contributed by atoms with Crippen LogP contribution in [0.4, 0.5) is 4.39 Å². The van der Waals surface area contributed by atoms with E-state index in [0.29, 0.717) is 16.3 Å². The zero-order valence-corrected chi connectivity index (χ0v) is 12.1. The van der Waals surface area contributed by atoms with Crippen LogP contribution in [0.5, 0.6) is 5.75 Å². The molecule has 0 saturated carbocycles. The van der Waals surface area contributed by atoms with Crippen LogP contribution in [0.25, 0.3) is 0 Å². The van der Waals surface area contributed by atoms with Gasteiger partial charge in [0, 0.05) is 16.7 Å². The number of alkyl halides is 1. The van der Waals surface area contributed by atoms with E-state index in [4.69, 9.17) is 27.9 Å². The minimum absolute atomic E-state index is 0.381. The molecule has 0 saturated heterocycles. The molecule has 2 aromatic carbocycles. The predicted molar refractivity (Wildman–Crippen MR) is 76.8 cm³/mol. The summed E-state index contributed by atoms with van der Waals surface area (Å²) in [6, 6.07) is 10.0. The third-order valence-electron chi connectivity index (χ3n) is 2.99. The van der Waals surface area contributed by atoms with Gasteiger partial charge in [0.2, 0.25) is 0 Å². The number of benzene rings is 2. The summed E-state index contributed by atoms with van der Waals surface area (Å²) in [5.74, 6) is 0.0895. The second kappa shape index (κ2) is 5.81. The van der Waals surface area contributed by atoms with Crippen molar-refractivity contribution in [1.29, 1.82) is 0 Å². The quantitative estimate of drug-likeness (QED) is 0.714. The maximum absolute atomic E-state index is 14.0. The maximum atomic E-state index is 14.0. The predicted octanol–water partition coefficient (Wildman–Crippen LogP) is 5.12. The van der Waals surface area contributed by atoms with Crippen molar-refractivity contribution in [2.45, 2.75) is 12.3 Å². The first-order valence-electron chi connectivity index (χ1n) is 5.76. The summed E-state index contributed by atoms with van der Waals surface area (Å²) in [5, 5.41) is 0.0866. The molecule has 19 heavy (non-hydrogen) atoms. The van der Waals surface area contributed by atoms with Gasteiger partial charge >= 0.3 is 0 Å². The van der Waals surface area contributed by atoms with Crippen molar-refractivity contribution in [1.82, 2.24) is 0 Å². The van der Waals surface area contributed by atoms with Gasteiger partial charge in [0.25, 0.3) is 0 Å². The Morgan fingerprint density at radius 3 is 2.37 bits per heavy atom. The lowest BCUT2D eigenvalue weighted by molar-refractivity contribution is 0.410. The minimum Gasteiger partial charge on any atom is -0.497 e. The lowest BCUT2D eigenvalue weighted by Crippen LogP contribution is -2.00. The molecule has 1 nitrogen and oxygen atoms in total. The van der Waals surface area contributed by atoms with Crippen LogP contribution >= 0.6 is 23.2 Å². The summed E-state index contributed by atoms with van der Waals surface area (Å²) in [7, 11) is 1.50. The molecule has 0 heterocycles. The zero-order chi connectivity index (χ0) is 14.0. The van der Waals surface area contributed by atoms with Crippen LogP contribution in [0.1, 0.15) is 22.1 Å². The molecule has 0 aliphatic carbocycles. The molecule has 0 fully saturated rings. The highest BCUT2D eigenvalue weighted by Gasteiger charge is 2.17. The molecular formula is C15H13Cl2FO. The molecule has 0 aliphatic heterocycles. The monoisotopic (exact) mass is 298 g/mol. The van der Waals surface area contributed by atoms with Crippen molar-refractivity contribution in [3.63, 3.8) is 0 Å². The first-order chi connectivity index (χ1) is 9.02. The normalized spacial score (nSPS) is 12.3. The van der Waals surface area contributed by atoms with Crippen LogP contribution in [-0.4, -0.2) is 7.11 Å². The fourth-order valence-electron chi connectivity index (χ4n) is 1.93. The van der Waals surface area contributed by atoms with Gasteiger partial charge in [-0.3, -0.25) is 0 Å². The molecule has 0 aliphatic rings. The third kappa shape index (κ3) is 3.02. The Morgan fingerprint density at radius 1 is 1.11 bits per heavy atom. The highest BCUT2D eigenvalue weighted by atomic mass is 35.5. The summed E-state index contributed by atoms with van der Waals surface area (Å²) >= 11 is 12.3. The van der Waals surface area contributed by atoms with E-state index in [0.717, 1.165) is 11.1 Å². The van der Waals surface area contributed by atoms with Crippen LogP contribution in [0.3, 0.4) is 0 Å². The van der Waals surface area contributed by atoms with E-state index in [9.17, 15) is 4.39 Å². The van der Waals surface area contributed by atoms with E-state index < -0.39 is 5.38 Å². The number of hydrogen-bond donors (Lipinski definition) is 0. The minimum atomic E-state index is -0.553. The third-order valence-corrected chi connectivity index (χ3v) is 3.69. The lowest BCUT2D eigenvalue weighted by atomic mass is 9.99. The van der Waals surface area contributed by atoms with Crippen LogP contribution in [0.2, 0.25) is 5.02 Å². The molecule has 0 N–H and O–H groups in total. The van der Waals surface area contributed by atoms with Gasteiger partial charge in [-0.15, -0.1) is 11.6 Å². The summed E-state index contributed by atoms with van der Waals surface area (Å²) in [4.78, 5) is 0. The molecule has 0 aromatic heterocycles. The molecular weight excluding hydrogens is 286 g/mol. The largest absolute Gasteiger partial charge is 0.497 e. The van der Waals surface area contributed by atoms with Crippen molar-refractivity contribution < 1.29 is 9.13 Å². The van der Waals surface area contributed by atoms with E-state index in [1.54, 1.807) is 18.2 Å². The van der Waals surface area contributed by atoms with Gasteiger partial charge in [-0.25, -0.2) is 4.39 Å². The Hall–Kier alpha value is -1.25. The molecule has 1 atom stereocenters. The fourth-order valence-corrected chi connectivity index (χ4v) is 2.58. The van der Waals surface area contributed by atoms with Crippen molar-refractivity contribution in [3.8, 4) is 5.75 Å². The Balaban J connectivity index is 2.41. The van der Waals surface area contributed by atoms with Gasteiger partial charge < -0.3 is 4.74 Å². The van der Waals surface area contributed by atoms with Gasteiger partial charge in [0.05, 0.1) is 12.5 Å². The maximum Gasteiger partial charge on any atom is 0.131 e. The van der Waals surface area contributed by atoms with Crippen molar-refractivity contribution in [2.24, 2.45) is 0 Å². The molecule has 1 unspecified atom stereocenters. The van der Waals surface area contributed by atoms with E-state index >= 15 is 0 Å². The van der Waals surface area contributed by atoms with Gasteiger partial charge in [0.15, 0.2) is 0 Å². The fraction of sp³-hybridized carbons (Fsp3) is 0.200. The number of halogens is 3. The Morgan fingerprint density at radius 2 is 1.79 bits per heavy atom. The average Bonchev–Trinajstić information content (AvgIpc) is 2.37. The Bertz CT molecular complexity index is 599. The number of rotatable bonds is 3.